The van der Waals surface area contributed by atoms with Crippen molar-refractivity contribution in [3.8, 4) is 10.6 Å². The van der Waals surface area contributed by atoms with E-state index in [9.17, 15) is 14.4 Å². The van der Waals surface area contributed by atoms with Crippen LogP contribution in [0.4, 0.5) is 5.69 Å². The van der Waals surface area contributed by atoms with Crippen LogP contribution in [0.1, 0.15) is 13.8 Å². The van der Waals surface area contributed by atoms with E-state index in [2.05, 4.69) is 39.8 Å². The second-order valence-corrected chi connectivity index (χ2v) is 12.8. The van der Waals surface area contributed by atoms with E-state index in [1.165, 1.54) is 11.3 Å². The maximum Gasteiger partial charge on any atom is 0.346 e. The highest BCUT2D eigenvalue weighted by atomic mass is 32.1. The minimum Gasteiger partial charge on any atom is -0.422 e. The summed E-state index contributed by atoms with van der Waals surface area (Å²) < 4.78 is 6.67. The molecule has 0 aliphatic carbocycles. The Morgan fingerprint density at radius 2 is 1.24 bits per heavy atom. The molecule has 9 rings (SSSR count). The first-order valence-electron chi connectivity index (χ1n) is 16.1. The van der Waals surface area contributed by atoms with Crippen molar-refractivity contribution in [2.75, 3.05) is 18.0 Å². The number of nitrogens with one attached hydrogen (secondary N) is 2. The number of para-hydroxylation sites is 3. The Kier molecular flexibility index (Phi) is 7.53. The highest BCUT2D eigenvalue weighted by molar-refractivity contribution is 7.21. The van der Waals surface area contributed by atoms with E-state index in [1.54, 1.807) is 24.3 Å². The molecule has 49 heavy (non-hydrogen) atoms. The molecular formula is C40H30N4O4S. The van der Waals surface area contributed by atoms with E-state index >= 15 is 0 Å². The first-order valence-corrected chi connectivity index (χ1v) is 16.9. The Hall–Kier alpha value is -6.06. The molecule has 9 heteroatoms. The number of rotatable bonds is 4. The predicted molar refractivity (Wildman–Crippen MR) is 202 cm³/mol. The molecule has 0 saturated carbocycles. The van der Waals surface area contributed by atoms with Crippen LogP contribution in [0.2, 0.25) is 0 Å². The van der Waals surface area contributed by atoms with Crippen molar-refractivity contribution in [2.24, 2.45) is 0 Å². The van der Waals surface area contributed by atoms with Gasteiger partial charge in [-0.3, -0.25) is 9.59 Å². The number of H-pyrrole nitrogens is 2. The van der Waals surface area contributed by atoms with Crippen molar-refractivity contribution < 1.29 is 4.42 Å². The van der Waals surface area contributed by atoms with E-state index in [0.29, 0.717) is 48.7 Å². The molecule has 4 aromatic heterocycles. The molecule has 2 N–H and O–H groups in total. The lowest BCUT2D eigenvalue weighted by molar-refractivity contribution is 0.563. The Bertz CT molecular complexity index is 2760. The van der Waals surface area contributed by atoms with Gasteiger partial charge in [0.1, 0.15) is 10.6 Å². The third-order valence-corrected chi connectivity index (χ3v) is 9.97. The van der Waals surface area contributed by atoms with Gasteiger partial charge < -0.3 is 19.3 Å². The molecule has 0 radical (unpaired) electrons. The van der Waals surface area contributed by atoms with Crippen LogP contribution in [0.3, 0.4) is 0 Å². The van der Waals surface area contributed by atoms with E-state index in [4.69, 9.17) is 4.42 Å². The smallest absolute Gasteiger partial charge is 0.346 e. The molecule has 0 atom stereocenters. The minimum atomic E-state index is -0.344. The number of benzene rings is 5. The molecule has 0 saturated heterocycles. The van der Waals surface area contributed by atoms with Crippen molar-refractivity contribution in [1.29, 1.82) is 0 Å². The number of anilines is 1. The molecule has 0 fully saturated rings. The Labute approximate surface area is 282 Å². The summed E-state index contributed by atoms with van der Waals surface area (Å²) >= 11 is 1.51. The largest absolute Gasteiger partial charge is 0.422 e. The molecule has 8 nitrogen and oxygen atoms in total. The lowest BCUT2D eigenvalue weighted by Gasteiger charge is -2.20. The Morgan fingerprint density at radius 3 is 1.86 bits per heavy atom. The lowest BCUT2D eigenvalue weighted by Crippen LogP contribution is -2.21. The van der Waals surface area contributed by atoms with Crippen molar-refractivity contribution in [1.82, 2.24) is 15.0 Å². The fourth-order valence-electron chi connectivity index (χ4n) is 6.36. The van der Waals surface area contributed by atoms with Gasteiger partial charge in [0.2, 0.25) is 0 Å². The van der Waals surface area contributed by atoms with Crippen LogP contribution >= 0.6 is 11.3 Å². The van der Waals surface area contributed by atoms with Gasteiger partial charge in [0.05, 0.1) is 26.8 Å². The number of aromatic nitrogens is 3. The quantitative estimate of drug-likeness (QED) is 0.144. The number of thiazole rings is 1. The van der Waals surface area contributed by atoms with Crippen molar-refractivity contribution in [3.63, 3.8) is 0 Å². The van der Waals surface area contributed by atoms with Crippen LogP contribution in [-0.2, 0) is 0 Å². The average Bonchev–Trinajstić information content (AvgIpc) is 3.56. The summed E-state index contributed by atoms with van der Waals surface area (Å²) in [6.45, 7) is 6.05. The Balaban J connectivity index is 0.000000142. The summed E-state index contributed by atoms with van der Waals surface area (Å²) in [5, 5.41) is 4.05. The third kappa shape index (κ3) is 5.34. The summed E-state index contributed by atoms with van der Waals surface area (Å²) in [6.07, 6.45) is 0. The number of nitrogens with zero attached hydrogens (tertiary/aromatic N) is 2. The van der Waals surface area contributed by atoms with Crippen molar-refractivity contribution in [2.45, 2.75) is 13.8 Å². The molecular weight excluding hydrogens is 633 g/mol. The lowest BCUT2D eigenvalue weighted by atomic mass is 10.1. The highest BCUT2D eigenvalue weighted by Gasteiger charge is 2.14. The van der Waals surface area contributed by atoms with Gasteiger partial charge in [-0.1, -0.05) is 36.4 Å². The molecule has 4 heterocycles. The zero-order chi connectivity index (χ0) is 33.6. The summed E-state index contributed by atoms with van der Waals surface area (Å²) in [6, 6.07) is 34.1. The van der Waals surface area contributed by atoms with Crippen LogP contribution < -0.4 is 21.4 Å². The zero-order valence-corrected chi connectivity index (χ0v) is 27.6. The van der Waals surface area contributed by atoms with Gasteiger partial charge in [0.15, 0.2) is 10.9 Å². The van der Waals surface area contributed by atoms with Gasteiger partial charge in [-0.05, 0) is 80.6 Å². The van der Waals surface area contributed by atoms with E-state index < -0.39 is 0 Å². The fraction of sp³-hybridized carbons (Fsp3) is 0.100. The Morgan fingerprint density at radius 1 is 0.653 bits per heavy atom. The first kappa shape index (κ1) is 30.3. The number of fused-ring (bicyclic) bond motifs is 6. The topological polar surface area (TPSA) is 112 Å². The van der Waals surface area contributed by atoms with Gasteiger partial charge >= 0.3 is 5.63 Å². The fourth-order valence-corrected chi connectivity index (χ4v) is 7.33. The summed E-state index contributed by atoms with van der Waals surface area (Å²) in [4.78, 5) is 51.4. The van der Waals surface area contributed by atoms with E-state index in [-0.39, 0.29) is 16.5 Å². The minimum absolute atomic E-state index is 0.0322. The van der Waals surface area contributed by atoms with Gasteiger partial charge in [-0.15, -0.1) is 11.3 Å². The second kappa shape index (κ2) is 12.2. The van der Waals surface area contributed by atoms with Crippen LogP contribution in [0.5, 0.6) is 0 Å². The first-order chi connectivity index (χ1) is 23.9. The molecule has 0 spiro atoms. The standard InChI is InChI=1S/C20H18N2O2S.C20H12N2O2/c1-3-22(4-2)14-10-9-13-11-15(20(23)24-17(13)12-14)19-21-16-7-5-6-8-18(16)25-19;23-19-11-5-1-3-7-15(11)21-17-10-14-18(9-13(17)19)22-16-8-4-2-6-12(16)20(14)24/h5-12H,3-4H2,1-2H3;1-10H,(H,21,23)(H,22,24). The number of pyridine rings is 2. The number of aromatic amines is 2. The maximum absolute atomic E-state index is 12.8. The van der Waals surface area contributed by atoms with E-state index in [1.807, 2.05) is 78.9 Å². The molecule has 0 unspecified atom stereocenters. The van der Waals surface area contributed by atoms with Gasteiger partial charge in [0.25, 0.3) is 0 Å². The summed E-state index contributed by atoms with van der Waals surface area (Å²) in [5.41, 5.74) is 5.57. The van der Waals surface area contributed by atoms with Crippen molar-refractivity contribution >= 4 is 81.8 Å². The molecule has 5 aromatic carbocycles. The SMILES string of the molecule is CCN(CC)c1ccc2cc(-c3nc4ccccc4s3)c(=O)oc2c1.O=c1c2ccccc2[nH]c2cc3c(=O)c4ccccc4[nH]c3cc12. The van der Waals surface area contributed by atoms with Gasteiger partial charge in [0, 0.05) is 62.8 Å². The normalized spacial score (nSPS) is 11.5. The summed E-state index contributed by atoms with van der Waals surface area (Å²) in [5.74, 6) is 0. The van der Waals surface area contributed by atoms with Crippen LogP contribution in [0.15, 0.2) is 128 Å². The predicted octanol–water partition coefficient (Wildman–Crippen LogP) is 8.59. The monoisotopic (exact) mass is 662 g/mol. The van der Waals surface area contributed by atoms with E-state index in [0.717, 1.165) is 45.4 Å². The molecule has 0 bridgehead atoms. The number of hydrogen-bond acceptors (Lipinski definition) is 7. The molecule has 0 aliphatic heterocycles. The van der Waals surface area contributed by atoms with Crippen molar-refractivity contribution in [3.05, 3.63) is 140 Å². The van der Waals surface area contributed by atoms with Gasteiger partial charge in [-0.25, -0.2) is 9.78 Å². The summed E-state index contributed by atoms with van der Waals surface area (Å²) in [7, 11) is 0. The average molecular weight is 663 g/mol. The van der Waals surface area contributed by atoms with Crippen LogP contribution in [0.25, 0.3) is 75.4 Å². The molecule has 9 aromatic rings. The molecule has 240 valence electrons. The molecule has 0 aliphatic rings. The zero-order valence-electron chi connectivity index (χ0n) is 26.7. The second-order valence-electron chi connectivity index (χ2n) is 11.8. The van der Waals surface area contributed by atoms with Crippen LogP contribution in [-0.4, -0.2) is 28.0 Å². The van der Waals surface area contributed by atoms with Gasteiger partial charge in [-0.2, -0.15) is 0 Å². The third-order valence-electron chi connectivity index (χ3n) is 8.90. The van der Waals surface area contributed by atoms with Crippen LogP contribution in [0, 0.1) is 0 Å². The molecule has 0 amide bonds. The number of hydrogen-bond donors (Lipinski definition) is 2. The maximum atomic E-state index is 12.8. The highest BCUT2D eigenvalue weighted by Crippen LogP contribution is 2.31.